The highest BCUT2D eigenvalue weighted by Gasteiger charge is 2.00. The molecule has 0 saturated carbocycles. The molecule has 1 aromatic rings. The maximum absolute atomic E-state index is 3.28. The summed E-state index contributed by atoms with van der Waals surface area (Å²) in [5, 5.41) is 3.28. The first kappa shape index (κ1) is 14.6. The maximum Gasteiger partial charge on any atom is 0.0101 e. The summed E-state index contributed by atoms with van der Waals surface area (Å²) in [5.41, 5.74) is 2.77. The smallest absolute Gasteiger partial charge is 0.0101 e. The van der Waals surface area contributed by atoms with E-state index in [0.29, 0.717) is 6.04 Å². The lowest BCUT2D eigenvalue weighted by Crippen LogP contribution is -2.20. The van der Waals surface area contributed by atoms with Crippen LogP contribution in [0.1, 0.15) is 37.3 Å². The van der Waals surface area contributed by atoms with Crippen LogP contribution >= 0.6 is 11.8 Å². The van der Waals surface area contributed by atoms with E-state index >= 15 is 0 Å². The van der Waals surface area contributed by atoms with Crippen LogP contribution in [0.2, 0.25) is 0 Å². The first-order chi connectivity index (χ1) is 8.13. The fraction of sp³-hybridized carbons (Fsp3) is 0.600. The fourth-order valence-electron chi connectivity index (χ4n) is 1.84. The third-order valence-electron chi connectivity index (χ3n) is 3.11. The summed E-state index contributed by atoms with van der Waals surface area (Å²) in [4.78, 5) is 1.44. The molecule has 0 heterocycles. The van der Waals surface area contributed by atoms with Crippen LogP contribution in [-0.4, -0.2) is 18.8 Å². The van der Waals surface area contributed by atoms with Crippen LogP contribution < -0.4 is 5.32 Å². The van der Waals surface area contributed by atoms with Crippen LogP contribution in [0.5, 0.6) is 0 Å². The summed E-state index contributed by atoms with van der Waals surface area (Å²) in [6.45, 7) is 6.61. The minimum Gasteiger partial charge on any atom is -0.317 e. The summed E-state index contributed by atoms with van der Waals surface area (Å²) < 4.78 is 0. The zero-order valence-electron chi connectivity index (χ0n) is 11.5. The van der Waals surface area contributed by atoms with Gasteiger partial charge in [0.1, 0.15) is 0 Å². The quantitative estimate of drug-likeness (QED) is 0.576. The van der Waals surface area contributed by atoms with Crippen molar-refractivity contribution in [3.8, 4) is 0 Å². The van der Waals surface area contributed by atoms with Gasteiger partial charge in [0.15, 0.2) is 0 Å². The molecule has 0 amide bonds. The number of aryl methyl sites for hydroxylation is 2. The van der Waals surface area contributed by atoms with Crippen molar-refractivity contribution in [3.63, 3.8) is 0 Å². The van der Waals surface area contributed by atoms with Gasteiger partial charge >= 0.3 is 0 Å². The zero-order chi connectivity index (χ0) is 12.7. The number of hydrogen-bond acceptors (Lipinski definition) is 2. The molecule has 1 nitrogen and oxygen atoms in total. The molecule has 17 heavy (non-hydrogen) atoms. The molecule has 0 fully saturated rings. The number of unbranched alkanes of at least 4 members (excludes halogenated alkanes) is 1. The summed E-state index contributed by atoms with van der Waals surface area (Å²) >= 11 is 1.99. The van der Waals surface area contributed by atoms with Crippen LogP contribution in [0.15, 0.2) is 23.1 Å². The highest BCUT2D eigenvalue weighted by atomic mass is 32.2. The van der Waals surface area contributed by atoms with Crippen LogP contribution in [0, 0.1) is 13.8 Å². The Labute approximate surface area is 110 Å². The Bertz CT molecular complexity index is 336. The monoisotopic (exact) mass is 251 g/mol. The standard InChI is InChI=1S/C15H25NS/c1-12-8-9-15(13(2)11-12)17-10-6-5-7-14(3)16-4/h8-9,11,14,16H,5-7,10H2,1-4H3. The van der Waals surface area contributed by atoms with Crippen molar-refractivity contribution >= 4 is 11.8 Å². The molecule has 1 atom stereocenters. The molecule has 0 saturated heterocycles. The Hall–Kier alpha value is -0.470. The van der Waals surface area contributed by atoms with Gasteiger partial charge in [0.05, 0.1) is 0 Å². The van der Waals surface area contributed by atoms with E-state index in [-0.39, 0.29) is 0 Å². The molecule has 2 heteroatoms. The van der Waals surface area contributed by atoms with E-state index in [1.807, 2.05) is 18.8 Å². The molecular formula is C15H25NS. The number of benzene rings is 1. The molecule has 1 aromatic carbocycles. The van der Waals surface area contributed by atoms with E-state index < -0.39 is 0 Å². The SMILES string of the molecule is CNC(C)CCCCSc1ccc(C)cc1C. The second kappa shape index (κ2) is 7.78. The summed E-state index contributed by atoms with van der Waals surface area (Å²) in [6, 6.07) is 7.39. The van der Waals surface area contributed by atoms with Gasteiger partial charge in [0, 0.05) is 10.9 Å². The summed E-state index contributed by atoms with van der Waals surface area (Å²) in [6.07, 6.45) is 3.91. The maximum atomic E-state index is 3.28. The van der Waals surface area contributed by atoms with Gasteiger partial charge in [-0.1, -0.05) is 24.1 Å². The van der Waals surface area contributed by atoms with Gasteiger partial charge in [-0.15, -0.1) is 11.8 Å². The fourth-order valence-corrected chi connectivity index (χ4v) is 2.86. The van der Waals surface area contributed by atoms with Crippen LogP contribution in [0.4, 0.5) is 0 Å². The van der Waals surface area contributed by atoms with Gasteiger partial charge in [-0.2, -0.15) is 0 Å². The van der Waals surface area contributed by atoms with Crippen molar-refractivity contribution in [3.05, 3.63) is 29.3 Å². The number of hydrogen-bond donors (Lipinski definition) is 1. The Kier molecular flexibility index (Phi) is 6.68. The molecule has 1 rings (SSSR count). The Morgan fingerprint density at radius 2 is 2.00 bits per heavy atom. The minimum absolute atomic E-state index is 0.654. The molecule has 96 valence electrons. The van der Waals surface area contributed by atoms with E-state index in [1.54, 1.807) is 0 Å². The van der Waals surface area contributed by atoms with Crippen molar-refractivity contribution in [2.45, 2.75) is 51.0 Å². The van der Waals surface area contributed by atoms with Gasteiger partial charge < -0.3 is 5.32 Å². The Balaban J connectivity index is 2.22. The highest BCUT2D eigenvalue weighted by Crippen LogP contribution is 2.24. The molecule has 0 bridgehead atoms. The van der Waals surface area contributed by atoms with Crippen molar-refractivity contribution in [2.75, 3.05) is 12.8 Å². The average molecular weight is 251 g/mol. The van der Waals surface area contributed by atoms with Gasteiger partial charge in [0.25, 0.3) is 0 Å². The van der Waals surface area contributed by atoms with E-state index in [4.69, 9.17) is 0 Å². The Morgan fingerprint density at radius 3 is 2.65 bits per heavy atom. The number of nitrogens with one attached hydrogen (secondary N) is 1. The zero-order valence-corrected chi connectivity index (χ0v) is 12.4. The molecular weight excluding hydrogens is 226 g/mol. The predicted octanol–water partition coefficient (Wildman–Crippen LogP) is 4.17. The second-order valence-electron chi connectivity index (χ2n) is 4.80. The van der Waals surface area contributed by atoms with E-state index in [0.717, 1.165) is 0 Å². The van der Waals surface area contributed by atoms with Gasteiger partial charge in [0.2, 0.25) is 0 Å². The largest absolute Gasteiger partial charge is 0.317 e. The lowest BCUT2D eigenvalue weighted by molar-refractivity contribution is 0.539. The highest BCUT2D eigenvalue weighted by molar-refractivity contribution is 7.99. The molecule has 0 aliphatic carbocycles. The van der Waals surface area contributed by atoms with Crippen LogP contribution in [0.3, 0.4) is 0 Å². The summed E-state index contributed by atoms with van der Waals surface area (Å²) in [7, 11) is 2.04. The molecule has 1 N–H and O–H groups in total. The molecule has 0 radical (unpaired) electrons. The van der Waals surface area contributed by atoms with E-state index in [2.05, 4.69) is 44.3 Å². The lowest BCUT2D eigenvalue weighted by atomic mass is 10.1. The van der Waals surface area contributed by atoms with Gasteiger partial charge in [-0.25, -0.2) is 0 Å². The predicted molar refractivity (Wildman–Crippen MR) is 79.0 cm³/mol. The van der Waals surface area contributed by atoms with Crippen LogP contribution in [-0.2, 0) is 0 Å². The lowest BCUT2D eigenvalue weighted by Gasteiger charge is -2.10. The summed E-state index contributed by atoms with van der Waals surface area (Å²) in [5.74, 6) is 1.24. The Morgan fingerprint density at radius 1 is 1.24 bits per heavy atom. The van der Waals surface area contributed by atoms with Crippen molar-refractivity contribution < 1.29 is 0 Å². The average Bonchev–Trinajstić information content (AvgIpc) is 2.30. The van der Waals surface area contributed by atoms with Crippen molar-refractivity contribution in [1.29, 1.82) is 0 Å². The minimum atomic E-state index is 0.654. The first-order valence-corrected chi connectivity index (χ1v) is 7.49. The topological polar surface area (TPSA) is 12.0 Å². The normalized spacial score (nSPS) is 12.7. The van der Waals surface area contributed by atoms with Gasteiger partial charge in [-0.3, -0.25) is 0 Å². The van der Waals surface area contributed by atoms with E-state index in [9.17, 15) is 0 Å². The molecule has 0 aliphatic heterocycles. The number of thioether (sulfide) groups is 1. The van der Waals surface area contributed by atoms with Gasteiger partial charge in [-0.05, 0) is 58.0 Å². The van der Waals surface area contributed by atoms with Crippen molar-refractivity contribution in [2.24, 2.45) is 0 Å². The molecule has 0 aromatic heterocycles. The van der Waals surface area contributed by atoms with Crippen molar-refractivity contribution in [1.82, 2.24) is 5.32 Å². The third-order valence-corrected chi connectivity index (χ3v) is 4.37. The third kappa shape index (κ3) is 5.60. The second-order valence-corrected chi connectivity index (χ2v) is 5.94. The van der Waals surface area contributed by atoms with Crippen LogP contribution in [0.25, 0.3) is 0 Å². The molecule has 0 aliphatic rings. The molecule has 0 spiro atoms. The van der Waals surface area contributed by atoms with E-state index in [1.165, 1.54) is 41.0 Å². The molecule has 1 unspecified atom stereocenters. The number of rotatable bonds is 7. The first-order valence-electron chi connectivity index (χ1n) is 6.51.